The van der Waals surface area contributed by atoms with Gasteiger partial charge in [0.1, 0.15) is 17.8 Å². The maximum absolute atomic E-state index is 12.5. The number of aromatic amines is 1. The number of fused-ring (bicyclic) bond motifs is 1. The second-order valence-electron chi connectivity index (χ2n) is 6.18. The summed E-state index contributed by atoms with van der Waals surface area (Å²) in [6.45, 7) is 0.238. The number of halogens is 3. The van der Waals surface area contributed by atoms with Crippen molar-refractivity contribution in [3.63, 3.8) is 0 Å². The lowest BCUT2D eigenvalue weighted by molar-refractivity contribution is -0.138. The SMILES string of the molecule is CN(CC(F)(F)F)C(=O)c1cnn2c(C3CCNCC3)cc(=O)[nH]c12. The van der Waals surface area contributed by atoms with Gasteiger partial charge >= 0.3 is 6.18 Å². The van der Waals surface area contributed by atoms with Gasteiger partial charge in [-0.1, -0.05) is 0 Å². The summed E-state index contributed by atoms with van der Waals surface area (Å²) in [5.41, 5.74) is 0.325. The number of piperidine rings is 1. The van der Waals surface area contributed by atoms with Crippen molar-refractivity contribution in [2.45, 2.75) is 24.9 Å². The highest BCUT2D eigenvalue weighted by Gasteiger charge is 2.32. The lowest BCUT2D eigenvalue weighted by Crippen LogP contribution is -2.36. The van der Waals surface area contributed by atoms with Crippen LogP contribution in [0.5, 0.6) is 0 Å². The first-order chi connectivity index (χ1) is 11.8. The van der Waals surface area contributed by atoms with Gasteiger partial charge in [0, 0.05) is 19.0 Å². The number of carbonyl (C=O) groups excluding carboxylic acids is 1. The van der Waals surface area contributed by atoms with E-state index >= 15 is 0 Å². The summed E-state index contributed by atoms with van der Waals surface area (Å²) in [6.07, 6.45) is -1.67. The normalized spacial score (nSPS) is 16.3. The van der Waals surface area contributed by atoms with Crippen molar-refractivity contribution >= 4 is 11.6 Å². The van der Waals surface area contributed by atoms with E-state index in [2.05, 4.69) is 15.4 Å². The average Bonchev–Trinajstić information content (AvgIpc) is 2.96. The summed E-state index contributed by atoms with van der Waals surface area (Å²) in [6, 6.07) is 1.43. The van der Waals surface area contributed by atoms with Gasteiger partial charge in [-0.25, -0.2) is 4.52 Å². The topological polar surface area (TPSA) is 82.5 Å². The molecule has 1 aliphatic heterocycles. The Balaban J connectivity index is 1.99. The smallest absolute Gasteiger partial charge is 0.332 e. The van der Waals surface area contributed by atoms with E-state index in [1.54, 1.807) is 0 Å². The maximum atomic E-state index is 12.5. The molecule has 0 radical (unpaired) electrons. The van der Waals surface area contributed by atoms with Crippen molar-refractivity contribution < 1.29 is 18.0 Å². The van der Waals surface area contributed by atoms with Crippen LogP contribution in [0.3, 0.4) is 0 Å². The van der Waals surface area contributed by atoms with Crippen LogP contribution < -0.4 is 10.9 Å². The number of hydrogen-bond donors (Lipinski definition) is 2. The van der Waals surface area contributed by atoms with E-state index in [4.69, 9.17) is 0 Å². The summed E-state index contributed by atoms with van der Waals surface area (Å²) in [5.74, 6) is -0.743. The number of rotatable bonds is 3. The predicted octanol–water partition coefficient (Wildman–Crippen LogP) is 1.12. The fraction of sp³-hybridized carbons (Fsp3) is 0.533. The van der Waals surface area contributed by atoms with Crippen LogP contribution >= 0.6 is 0 Å². The number of carbonyl (C=O) groups is 1. The van der Waals surface area contributed by atoms with Crippen molar-refractivity contribution in [1.29, 1.82) is 0 Å². The Labute approximate surface area is 140 Å². The molecule has 1 fully saturated rings. The standard InChI is InChI=1S/C15H18F3N5O2/c1-22(8-15(16,17)18)14(25)10-7-20-23-11(6-12(24)21-13(10)23)9-2-4-19-5-3-9/h6-7,9,19H,2-5,8H2,1H3,(H,21,24). The molecule has 3 rings (SSSR count). The highest BCUT2D eigenvalue weighted by Crippen LogP contribution is 2.25. The van der Waals surface area contributed by atoms with Gasteiger partial charge in [-0.05, 0) is 25.9 Å². The third kappa shape index (κ3) is 3.68. The highest BCUT2D eigenvalue weighted by molar-refractivity contribution is 5.99. The number of alkyl halides is 3. The number of nitrogens with zero attached hydrogens (tertiary/aromatic N) is 3. The Hall–Kier alpha value is -2.36. The van der Waals surface area contributed by atoms with E-state index in [-0.39, 0.29) is 17.1 Å². The van der Waals surface area contributed by atoms with Gasteiger partial charge < -0.3 is 15.2 Å². The average molecular weight is 357 g/mol. The molecule has 2 N–H and O–H groups in total. The number of amides is 1. The molecule has 0 spiro atoms. The number of hydrogen-bond acceptors (Lipinski definition) is 4. The molecule has 25 heavy (non-hydrogen) atoms. The second-order valence-corrected chi connectivity index (χ2v) is 6.18. The minimum Gasteiger partial charge on any atom is -0.332 e. The zero-order valence-corrected chi connectivity index (χ0v) is 13.6. The molecule has 136 valence electrons. The van der Waals surface area contributed by atoms with Crippen LogP contribution in [0.15, 0.2) is 17.1 Å². The van der Waals surface area contributed by atoms with E-state index in [1.165, 1.54) is 16.8 Å². The van der Waals surface area contributed by atoms with Gasteiger partial charge in [0.15, 0.2) is 0 Å². The molecule has 0 aliphatic carbocycles. The summed E-state index contributed by atoms with van der Waals surface area (Å²) < 4.78 is 39.0. The second kappa shape index (κ2) is 6.51. The van der Waals surface area contributed by atoms with Crippen LogP contribution in [-0.4, -0.2) is 58.3 Å². The molecule has 2 aromatic rings. The first-order valence-electron chi connectivity index (χ1n) is 7.90. The van der Waals surface area contributed by atoms with E-state index in [1.807, 2.05) is 0 Å². The Kier molecular flexibility index (Phi) is 4.55. The first kappa shape index (κ1) is 17.5. The van der Waals surface area contributed by atoms with E-state index < -0.39 is 24.2 Å². The fourth-order valence-electron chi connectivity index (χ4n) is 3.12. The van der Waals surface area contributed by atoms with Crippen molar-refractivity contribution in [2.75, 3.05) is 26.7 Å². The molecule has 0 unspecified atom stereocenters. The Bertz CT molecular complexity index is 836. The van der Waals surface area contributed by atoms with Crippen LogP contribution in [-0.2, 0) is 0 Å². The molecule has 3 heterocycles. The Morgan fingerprint density at radius 1 is 1.40 bits per heavy atom. The maximum Gasteiger partial charge on any atom is 0.406 e. The van der Waals surface area contributed by atoms with E-state index in [9.17, 15) is 22.8 Å². The molecule has 0 aromatic carbocycles. The highest BCUT2D eigenvalue weighted by atomic mass is 19.4. The molecule has 0 atom stereocenters. The van der Waals surface area contributed by atoms with E-state index in [0.717, 1.165) is 33.0 Å². The van der Waals surface area contributed by atoms with Crippen molar-refractivity contribution in [3.8, 4) is 0 Å². The number of nitrogens with one attached hydrogen (secondary N) is 2. The fourth-order valence-corrected chi connectivity index (χ4v) is 3.12. The third-order valence-corrected chi connectivity index (χ3v) is 4.29. The molecular formula is C15H18F3N5O2. The van der Waals surface area contributed by atoms with Crippen molar-refractivity contribution in [2.24, 2.45) is 0 Å². The van der Waals surface area contributed by atoms with Crippen LogP contribution in [0, 0.1) is 0 Å². The molecule has 0 saturated carbocycles. The molecule has 0 bridgehead atoms. The summed E-state index contributed by atoms with van der Waals surface area (Å²) >= 11 is 0. The van der Waals surface area contributed by atoms with Gasteiger partial charge in [0.25, 0.3) is 11.5 Å². The molecular weight excluding hydrogens is 339 g/mol. The monoisotopic (exact) mass is 357 g/mol. The van der Waals surface area contributed by atoms with Gasteiger partial charge in [0.2, 0.25) is 0 Å². The van der Waals surface area contributed by atoms with Crippen LogP contribution in [0.2, 0.25) is 0 Å². The van der Waals surface area contributed by atoms with Gasteiger partial charge in [-0.15, -0.1) is 0 Å². The molecule has 7 nitrogen and oxygen atoms in total. The van der Waals surface area contributed by atoms with E-state index in [0.29, 0.717) is 10.6 Å². The molecule has 2 aromatic heterocycles. The summed E-state index contributed by atoms with van der Waals surface area (Å²) in [4.78, 5) is 27.4. The summed E-state index contributed by atoms with van der Waals surface area (Å²) in [5, 5.41) is 7.36. The Morgan fingerprint density at radius 3 is 2.72 bits per heavy atom. The zero-order chi connectivity index (χ0) is 18.2. The predicted molar refractivity (Wildman–Crippen MR) is 83.7 cm³/mol. The minimum absolute atomic E-state index is 0.0559. The Morgan fingerprint density at radius 2 is 2.08 bits per heavy atom. The van der Waals surface area contributed by atoms with Gasteiger partial charge in [0.05, 0.1) is 11.9 Å². The number of H-pyrrole nitrogens is 1. The van der Waals surface area contributed by atoms with Crippen LogP contribution in [0.4, 0.5) is 13.2 Å². The van der Waals surface area contributed by atoms with Gasteiger partial charge in [-0.3, -0.25) is 9.59 Å². The van der Waals surface area contributed by atoms with Crippen LogP contribution in [0.25, 0.3) is 5.65 Å². The van der Waals surface area contributed by atoms with Crippen molar-refractivity contribution in [1.82, 2.24) is 24.8 Å². The molecule has 10 heteroatoms. The first-order valence-corrected chi connectivity index (χ1v) is 7.90. The van der Waals surface area contributed by atoms with Crippen molar-refractivity contribution in [3.05, 3.63) is 33.9 Å². The largest absolute Gasteiger partial charge is 0.406 e. The quantitative estimate of drug-likeness (QED) is 0.863. The lowest BCUT2D eigenvalue weighted by Gasteiger charge is -2.23. The molecule has 1 amide bonds. The van der Waals surface area contributed by atoms with Crippen LogP contribution in [0.1, 0.15) is 34.8 Å². The lowest BCUT2D eigenvalue weighted by atomic mass is 9.94. The zero-order valence-electron chi connectivity index (χ0n) is 13.6. The minimum atomic E-state index is -4.50. The molecule has 1 aliphatic rings. The summed E-state index contributed by atoms with van der Waals surface area (Å²) in [7, 11) is 1.06. The molecule has 1 saturated heterocycles. The van der Waals surface area contributed by atoms with Gasteiger partial charge in [-0.2, -0.15) is 18.3 Å². The third-order valence-electron chi connectivity index (χ3n) is 4.29. The number of aromatic nitrogens is 3.